The zero-order chi connectivity index (χ0) is 19.5. The molecule has 0 N–H and O–H groups in total. The van der Waals surface area contributed by atoms with Crippen LogP contribution in [0.4, 0.5) is 0 Å². The minimum absolute atomic E-state index is 0.0464. The van der Waals surface area contributed by atoms with Crippen molar-refractivity contribution in [2.45, 2.75) is 44.9 Å². The van der Waals surface area contributed by atoms with Crippen molar-refractivity contribution in [2.75, 3.05) is 33.2 Å². The van der Waals surface area contributed by atoms with Crippen molar-refractivity contribution in [1.29, 1.82) is 0 Å². The lowest BCUT2D eigenvalue weighted by molar-refractivity contribution is 0.0775. The molecule has 0 unspecified atom stereocenters. The quantitative estimate of drug-likeness (QED) is 0.713. The first-order valence-corrected chi connectivity index (χ1v) is 10.9. The van der Waals surface area contributed by atoms with Crippen LogP contribution in [0, 0.1) is 0 Å². The van der Waals surface area contributed by atoms with Gasteiger partial charge in [0.15, 0.2) is 5.69 Å². The number of carbonyl (C=O) groups excluding carboxylic acids is 1. The van der Waals surface area contributed by atoms with Gasteiger partial charge < -0.3 is 9.80 Å². The van der Waals surface area contributed by atoms with Gasteiger partial charge in [0.25, 0.3) is 5.91 Å². The summed E-state index contributed by atoms with van der Waals surface area (Å²) in [7, 11) is 1.91. The predicted molar refractivity (Wildman–Crippen MR) is 112 cm³/mol. The second kappa shape index (κ2) is 8.66. The predicted octanol–water partition coefficient (Wildman–Crippen LogP) is 3.96. The third-order valence-corrected chi connectivity index (χ3v) is 6.25. The van der Waals surface area contributed by atoms with Gasteiger partial charge in [0.2, 0.25) is 0 Å². The van der Waals surface area contributed by atoms with Crippen LogP contribution in [-0.2, 0) is 12.8 Å². The smallest absolute Gasteiger partial charge is 0.274 e. The standard InChI is InChI=1S/C22H29ClN4O/c1-25(15-16-26-13-5-6-14-26)22(28)21-19-7-3-2-4-8-20(19)27(24-21)18-11-9-17(23)10-12-18/h9-12H,2-8,13-16H2,1H3. The molecule has 6 heteroatoms. The van der Waals surface area contributed by atoms with Crippen LogP contribution in [0.5, 0.6) is 0 Å². The maximum atomic E-state index is 13.2. The van der Waals surface area contributed by atoms with Gasteiger partial charge in [-0.05, 0) is 75.9 Å². The van der Waals surface area contributed by atoms with E-state index in [4.69, 9.17) is 16.7 Å². The first-order chi connectivity index (χ1) is 13.6. The van der Waals surface area contributed by atoms with Gasteiger partial charge >= 0.3 is 0 Å². The lowest BCUT2D eigenvalue weighted by Gasteiger charge is -2.21. The second-order valence-corrected chi connectivity index (χ2v) is 8.43. The Labute approximate surface area is 172 Å². The minimum atomic E-state index is 0.0464. The van der Waals surface area contributed by atoms with Gasteiger partial charge in [-0.1, -0.05) is 18.0 Å². The van der Waals surface area contributed by atoms with E-state index in [2.05, 4.69) is 4.90 Å². The van der Waals surface area contributed by atoms with E-state index in [0.717, 1.165) is 63.1 Å². The van der Waals surface area contributed by atoms with Crippen LogP contribution in [0.3, 0.4) is 0 Å². The molecule has 0 saturated carbocycles. The van der Waals surface area contributed by atoms with Crippen molar-refractivity contribution < 1.29 is 4.79 Å². The van der Waals surface area contributed by atoms with Crippen molar-refractivity contribution in [3.8, 4) is 5.69 Å². The molecule has 0 bridgehead atoms. The summed E-state index contributed by atoms with van der Waals surface area (Å²) in [5, 5.41) is 5.51. The topological polar surface area (TPSA) is 41.4 Å². The van der Waals surface area contributed by atoms with Crippen molar-refractivity contribution in [1.82, 2.24) is 19.6 Å². The first kappa shape index (κ1) is 19.5. The van der Waals surface area contributed by atoms with Gasteiger partial charge in [-0.3, -0.25) is 4.79 Å². The molecule has 1 aromatic carbocycles. The van der Waals surface area contributed by atoms with Gasteiger partial charge in [-0.15, -0.1) is 0 Å². The molecule has 2 aromatic rings. The van der Waals surface area contributed by atoms with Gasteiger partial charge in [0.1, 0.15) is 0 Å². The van der Waals surface area contributed by atoms with Crippen LogP contribution < -0.4 is 0 Å². The lowest BCUT2D eigenvalue weighted by Crippen LogP contribution is -2.35. The molecule has 150 valence electrons. The van der Waals surface area contributed by atoms with E-state index in [1.54, 1.807) is 0 Å². The molecule has 1 saturated heterocycles. The molecule has 2 heterocycles. The molecule has 1 aliphatic carbocycles. The van der Waals surface area contributed by atoms with Gasteiger partial charge in [0.05, 0.1) is 5.69 Å². The van der Waals surface area contributed by atoms with Gasteiger partial charge in [0, 0.05) is 36.4 Å². The minimum Gasteiger partial charge on any atom is -0.339 e. The van der Waals surface area contributed by atoms with Crippen molar-refractivity contribution in [3.63, 3.8) is 0 Å². The summed E-state index contributed by atoms with van der Waals surface area (Å²) < 4.78 is 1.97. The number of hydrogen-bond acceptors (Lipinski definition) is 3. The highest BCUT2D eigenvalue weighted by atomic mass is 35.5. The van der Waals surface area contributed by atoms with Crippen LogP contribution in [0.25, 0.3) is 5.69 Å². The van der Waals surface area contributed by atoms with Gasteiger partial charge in [-0.2, -0.15) is 5.10 Å². The third kappa shape index (κ3) is 4.11. The van der Waals surface area contributed by atoms with Crippen LogP contribution in [0.15, 0.2) is 24.3 Å². The van der Waals surface area contributed by atoms with E-state index in [1.165, 1.54) is 25.0 Å². The molecule has 1 fully saturated rings. The Balaban J connectivity index is 1.60. The number of fused-ring (bicyclic) bond motifs is 1. The molecule has 2 aliphatic rings. The number of carbonyl (C=O) groups is 1. The van der Waals surface area contributed by atoms with Crippen LogP contribution in [0.2, 0.25) is 5.02 Å². The zero-order valence-corrected chi connectivity index (χ0v) is 17.4. The summed E-state index contributed by atoms with van der Waals surface area (Å²) >= 11 is 6.06. The average molecular weight is 401 g/mol. The number of amides is 1. The molecule has 4 rings (SSSR count). The monoisotopic (exact) mass is 400 g/mol. The van der Waals surface area contributed by atoms with E-state index < -0.39 is 0 Å². The summed E-state index contributed by atoms with van der Waals surface area (Å²) in [4.78, 5) is 17.5. The average Bonchev–Trinajstić information content (AvgIpc) is 3.28. The number of likely N-dealkylation sites (N-methyl/N-ethyl adjacent to an activating group) is 1. The van der Waals surface area contributed by atoms with E-state index in [-0.39, 0.29) is 5.91 Å². The summed E-state index contributed by atoms with van der Waals surface area (Å²) in [6, 6.07) is 7.72. The summed E-state index contributed by atoms with van der Waals surface area (Å²) in [6.45, 7) is 4.01. The Kier molecular flexibility index (Phi) is 6.02. The maximum Gasteiger partial charge on any atom is 0.274 e. The van der Waals surface area contributed by atoms with E-state index in [0.29, 0.717) is 10.7 Å². The van der Waals surface area contributed by atoms with Crippen molar-refractivity contribution >= 4 is 17.5 Å². The Bertz CT molecular complexity index is 824. The van der Waals surface area contributed by atoms with Crippen molar-refractivity contribution in [2.24, 2.45) is 0 Å². The normalized spacial score (nSPS) is 17.4. The maximum absolute atomic E-state index is 13.2. The molecular weight excluding hydrogens is 372 g/mol. The van der Waals surface area contributed by atoms with E-state index >= 15 is 0 Å². The van der Waals surface area contributed by atoms with E-state index in [9.17, 15) is 4.79 Å². The van der Waals surface area contributed by atoms with Crippen LogP contribution >= 0.6 is 11.6 Å². The molecule has 0 atom stereocenters. The molecule has 1 aromatic heterocycles. The first-order valence-electron chi connectivity index (χ1n) is 10.5. The lowest BCUT2D eigenvalue weighted by atomic mass is 10.1. The highest BCUT2D eigenvalue weighted by molar-refractivity contribution is 6.30. The Morgan fingerprint density at radius 3 is 2.54 bits per heavy atom. The Hall–Kier alpha value is -1.85. The number of benzene rings is 1. The number of likely N-dealkylation sites (tertiary alicyclic amines) is 1. The number of hydrogen-bond donors (Lipinski definition) is 0. The molecule has 1 aliphatic heterocycles. The fraction of sp³-hybridized carbons (Fsp3) is 0.545. The van der Waals surface area contributed by atoms with Gasteiger partial charge in [-0.25, -0.2) is 4.68 Å². The fourth-order valence-electron chi connectivity index (χ4n) is 4.32. The Morgan fingerprint density at radius 1 is 1.07 bits per heavy atom. The van der Waals surface area contributed by atoms with Crippen LogP contribution in [-0.4, -0.2) is 58.7 Å². The third-order valence-electron chi connectivity index (χ3n) is 6.00. The number of halogens is 1. The summed E-state index contributed by atoms with van der Waals surface area (Å²) in [5.41, 5.74) is 3.94. The molecule has 1 amide bonds. The summed E-state index contributed by atoms with van der Waals surface area (Å²) in [6.07, 6.45) is 7.92. The number of nitrogens with zero attached hydrogens (tertiary/aromatic N) is 4. The SMILES string of the molecule is CN(CCN1CCCC1)C(=O)c1nn(-c2ccc(Cl)cc2)c2c1CCCCC2. The largest absolute Gasteiger partial charge is 0.339 e. The second-order valence-electron chi connectivity index (χ2n) is 8.00. The molecule has 28 heavy (non-hydrogen) atoms. The molecular formula is C22H29ClN4O. The number of aromatic nitrogens is 2. The van der Waals surface area contributed by atoms with E-state index in [1.807, 2.05) is 40.9 Å². The number of rotatable bonds is 5. The highest BCUT2D eigenvalue weighted by Crippen LogP contribution is 2.27. The summed E-state index contributed by atoms with van der Waals surface area (Å²) in [5.74, 6) is 0.0464. The zero-order valence-electron chi connectivity index (χ0n) is 16.7. The van der Waals surface area contributed by atoms with Crippen molar-refractivity contribution in [3.05, 3.63) is 46.2 Å². The fourth-order valence-corrected chi connectivity index (χ4v) is 4.45. The molecule has 5 nitrogen and oxygen atoms in total. The highest BCUT2D eigenvalue weighted by Gasteiger charge is 2.27. The van der Waals surface area contributed by atoms with Crippen LogP contribution in [0.1, 0.15) is 53.8 Å². The molecule has 0 radical (unpaired) electrons. The Morgan fingerprint density at radius 2 is 1.79 bits per heavy atom. The molecule has 0 spiro atoms.